The Morgan fingerprint density at radius 2 is 1.93 bits per heavy atom. The van der Waals surface area contributed by atoms with Gasteiger partial charge in [-0.3, -0.25) is 4.79 Å². The molecule has 2 N–H and O–H groups in total. The Labute approximate surface area is 181 Å². The van der Waals surface area contributed by atoms with Gasteiger partial charge in [0.15, 0.2) is 5.43 Å². The topological polar surface area (TPSA) is 71.2 Å². The van der Waals surface area contributed by atoms with E-state index < -0.39 is 0 Å². The predicted molar refractivity (Wildman–Crippen MR) is 125 cm³/mol. The number of thioether (sulfide) groups is 1. The molecule has 0 aliphatic rings. The van der Waals surface area contributed by atoms with Gasteiger partial charge in [0.05, 0.1) is 28.8 Å². The Morgan fingerprint density at radius 1 is 1.20 bits per heavy atom. The van der Waals surface area contributed by atoms with E-state index >= 15 is 0 Å². The molecule has 0 saturated heterocycles. The second-order valence-electron chi connectivity index (χ2n) is 7.25. The van der Waals surface area contributed by atoms with Crippen LogP contribution >= 0.6 is 11.8 Å². The molecule has 0 bridgehead atoms. The molecule has 3 rings (SSSR count). The Morgan fingerprint density at radius 3 is 2.63 bits per heavy atom. The summed E-state index contributed by atoms with van der Waals surface area (Å²) in [7, 11) is 0. The van der Waals surface area contributed by atoms with Crippen LogP contribution < -0.4 is 10.7 Å². The number of esters is 1. The van der Waals surface area contributed by atoms with Crippen molar-refractivity contribution in [3.05, 3.63) is 68.9 Å². The summed E-state index contributed by atoms with van der Waals surface area (Å²) < 4.78 is 5.19. The number of ether oxygens (including phenoxy) is 1. The number of hydrogen-bond donors (Lipinski definition) is 2. The first-order valence-electron chi connectivity index (χ1n) is 10.2. The fourth-order valence-corrected chi connectivity index (χ4v) is 4.35. The summed E-state index contributed by atoms with van der Waals surface area (Å²) in [6.45, 7) is 10.1. The Balaban J connectivity index is 2.09. The van der Waals surface area contributed by atoms with E-state index in [1.165, 1.54) is 0 Å². The van der Waals surface area contributed by atoms with Crippen LogP contribution in [0.4, 0.5) is 5.69 Å². The zero-order valence-corrected chi connectivity index (χ0v) is 18.9. The monoisotopic (exact) mass is 424 g/mol. The van der Waals surface area contributed by atoms with E-state index in [0.717, 1.165) is 33.0 Å². The van der Waals surface area contributed by atoms with Gasteiger partial charge in [-0.25, -0.2) is 4.79 Å². The molecule has 0 saturated carbocycles. The van der Waals surface area contributed by atoms with Gasteiger partial charge in [-0.05, 0) is 62.8 Å². The lowest BCUT2D eigenvalue weighted by atomic mass is 9.99. The van der Waals surface area contributed by atoms with Crippen molar-refractivity contribution >= 4 is 34.3 Å². The van der Waals surface area contributed by atoms with E-state index in [1.807, 2.05) is 45.0 Å². The summed E-state index contributed by atoms with van der Waals surface area (Å²) in [6.07, 6.45) is 0. The van der Waals surface area contributed by atoms with E-state index in [9.17, 15) is 9.59 Å². The van der Waals surface area contributed by atoms with E-state index in [0.29, 0.717) is 23.2 Å². The number of pyridine rings is 1. The molecule has 1 aromatic heterocycles. The molecule has 2 aromatic carbocycles. The number of rotatable bonds is 7. The molecule has 6 heteroatoms. The quantitative estimate of drug-likeness (QED) is 0.381. The number of carbonyl (C=O) groups excluding carboxylic acids is 1. The number of benzene rings is 2. The van der Waals surface area contributed by atoms with Crippen molar-refractivity contribution < 1.29 is 9.53 Å². The van der Waals surface area contributed by atoms with Crippen LogP contribution in [0.1, 0.15) is 53.9 Å². The van der Waals surface area contributed by atoms with Crippen molar-refractivity contribution in [2.75, 3.05) is 17.7 Å². The average molecular weight is 425 g/mol. The van der Waals surface area contributed by atoms with Crippen molar-refractivity contribution in [3.63, 3.8) is 0 Å². The van der Waals surface area contributed by atoms with Gasteiger partial charge in [0.25, 0.3) is 0 Å². The predicted octanol–water partition coefficient (Wildman–Crippen LogP) is 5.61. The Hall–Kier alpha value is -2.73. The van der Waals surface area contributed by atoms with Gasteiger partial charge in [0.1, 0.15) is 0 Å². The van der Waals surface area contributed by atoms with Gasteiger partial charge in [0.2, 0.25) is 0 Å². The molecule has 0 aliphatic heterocycles. The van der Waals surface area contributed by atoms with Gasteiger partial charge in [-0.1, -0.05) is 25.1 Å². The normalized spacial score (nSPS) is 12.0. The molecule has 158 valence electrons. The molecule has 0 aliphatic carbocycles. The van der Waals surface area contributed by atoms with Gasteiger partial charge in [-0.2, -0.15) is 0 Å². The summed E-state index contributed by atoms with van der Waals surface area (Å²) in [5, 5.41) is 5.03. The first-order chi connectivity index (χ1) is 14.4. The third kappa shape index (κ3) is 4.38. The van der Waals surface area contributed by atoms with Gasteiger partial charge in [0, 0.05) is 16.6 Å². The van der Waals surface area contributed by atoms with Gasteiger partial charge in [-0.15, -0.1) is 11.8 Å². The smallest absolute Gasteiger partial charge is 0.340 e. The summed E-state index contributed by atoms with van der Waals surface area (Å²) in [6, 6.07) is 11.2. The molecule has 5 nitrogen and oxygen atoms in total. The first-order valence-corrected chi connectivity index (χ1v) is 11.2. The molecule has 1 atom stereocenters. The fourth-order valence-electron chi connectivity index (χ4n) is 3.58. The van der Waals surface area contributed by atoms with Crippen LogP contribution in [0.3, 0.4) is 0 Å². The van der Waals surface area contributed by atoms with Crippen molar-refractivity contribution in [2.24, 2.45) is 0 Å². The maximum absolute atomic E-state index is 13.0. The Kier molecular flexibility index (Phi) is 6.87. The number of aromatic amines is 1. The van der Waals surface area contributed by atoms with Crippen LogP contribution in [-0.4, -0.2) is 23.3 Å². The molecule has 0 spiro atoms. The van der Waals surface area contributed by atoms with Crippen LogP contribution in [0.5, 0.6) is 0 Å². The highest BCUT2D eigenvalue weighted by Crippen LogP contribution is 2.30. The number of fused-ring (bicyclic) bond motifs is 1. The lowest BCUT2D eigenvalue weighted by Crippen LogP contribution is -2.15. The minimum absolute atomic E-state index is 0.0590. The summed E-state index contributed by atoms with van der Waals surface area (Å²) >= 11 is 1.63. The summed E-state index contributed by atoms with van der Waals surface area (Å²) in [5.74, 6) is 0.525. The highest BCUT2D eigenvalue weighted by atomic mass is 32.2. The standard InChI is InChI=1S/C24H28N2O3S/c1-6-29-24(28)17-10-8-9-11-20(17)25-16(5)18-12-14(3)13-19-21(18)26-23(30-7-2)15(4)22(19)27/h8-13,16,25H,6-7H2,1-5H3,(H,26,27). The third-order valence-corrected chi connectivity index (χ3v) is 6.01. The summed E-state index contributed by atoms with van der Waals surface area (Å²) in [4.78, 5) is 28.8. The van der Waals surface area contributed by atoms with E-state index in [4.69, 9.17) is 4.74 Å². The molecule has 3 aromatic rings. The third-order valence-electron chi connectivity index (χ3n) is 5.03. The fraction of sp³-hybridized carbons (Fsp3) is 0.333. The number of aryl methyl sites for hydroxylation is 1. The highest BCUT2D eigenvalue weighted by Gasteiger charge is 2.18. The average Bonchev–Trinajstić information content (AvgIpc) is 2.72. The molecule has 0 radical (unpaired) electrons. The molecule has 0 fully saturated rings. The number of carbonyl (C=O) groups is 1. The highest BCUT2D eigenvalue weighted by molar-refractivity contribution is 7.99. The van der Waals surface area contributed by atoms with Crippen LogP contribution in [0.2, 0.25) is 0 Å². The number of para-hydroxylation sites is 1. The lowest BCUT2D eigenvalue weighted by Gasteiger charge is -2.21. The Bertz CT molecular complexity index is 1140. The van der Waals surface area contributed by atoms with Crippen molar-refractivity contribution in [1.29, 1.82) is 0 Å². The SMILES string of the molecule is CCOC(=O)c1ccccc1NC(C)c1cc(C)cc2c(=O)c(C)c(SCC)[nH]c12. The minimum atomic E-state index is -0.354. The van der Waals surface area contributed by atoms with E-state index in [-0.39, 0.29) is 17.4 Å². The molecule has 1 heterocycles. The number of H-pyrrole nitrogens is 1. The van der Waals surface area contributed by atoms with Gasteiger partial charge < -0.3 is 15.0 Å². The van der Waals surface area contributed by atoms with Crippen molar-refractivity contribution in [3.8, 4) is 0 Å². The largest absolute Gasteiger partial charge is 0.462 e. The number of nitrogens with one attached hydrogen (secondary N) is 2. The number of anilines is 1. The lowest BCUT2D eigenvalue weighted by molar-refractivity contribution is 0.0527. The minimum Gasteiger partial charge on any atom is -0.462 e. The van der Waals surface area contributed by atoms with Crippen molar-refractivity contribution in [2.45, 2.75) is 45.7 Å². The first kappa shape index (κ1) is 22.0. The van der Waals surface area contributed by atoms with Crippen molar-refractivity contribution in [1.82, 2.24) is 4.98 Å². The van der Waals surface area contributed by atoms with Gasteiger partial charge >= 0.3 is 5.97 Å². The molecule has 1 unspecified atom stereocenters. The summed E-state index contributed by atoms with van der Waals surface area (Å²) in [5.41, 5.74) is 4.85. The maximum atomic E-state index is 13.0. The van der Waals surface area contributed by atoms with Crippen LogP contribution in [0, 0.1) is 13.8 Å². The van der Waals surface area contributed by atoms with Crippen LogP contribution in [-0.2, 0) is 4.74 Å². The second kappa shape index (κ2) is 9.39. The maximum Gasteiger partial charge on any atom is 0.340 e. The molecular formula is C24H28N2O3S. The molecular weight excluding hydrogens is 396 g/mol. The molecule has 0 amide bonds. The number of hydrogen-bond acceptors (Lipinski definition) is 5. The number of aromatic nitrogens is 1. The van der Waals surface area contributed by atoms with Crippen LogP contribution in [0.15, 0.2) is 46.2 Å². The van der Waals surface area contributed by atoms with E-state index in [1.54, 1.807) is 24.8 Å². The van der Waals surface area contributed by atoms with Crippen LogP contribution in [0.25, 0.3) is 10.9 Å². The zero-order valence-electron chi connectivity index (χ0n) is 18.1. The zero-order chi connectivity index (χ0) is 21.8. The second-order valence-corrected chi connectivity index (χ2v) is 8.52. The molecule has 30 heavy (non-hydrogen) atoms. The van der Waals surface area contributed by atoms with E-state index in [2.05, 4.69) is 23.3 Å².